The third-order valence-corrected chi connectivity index (χ3v) is 3.26. The van der Waals surface area contributed by atoms with E-state index in [-0.39, 0.29) is 12.0 Å². The molecule has 112 valence electrons. The van der Waals surface area contributed by atoms with Crippen LogP contribution in [0.1, 0.15) is 25.4 Å². The number of carbonyl (C=O) groups excluding carboxylic acids is 1. The maximum absolute atomic E-state index is 11.6. The topological polar surface area (TPSA) is 56.1 Å². The van der Waals surface area contributed by atoms with Crippen LogP contribution in [0, 0.1) is 6.92 Å². The highest BCUT2D eigenvalue weighted by molar-refractivity contribution is 5.75. The summed E-state index contributed by atoms with van der Waals surface area (Å²) in [6, 6.07) is 9.70. The molecule has 0 aliphatic rings. The number of benzene rings is 1. The fraction of sp³-hybridized carbons (Fsp3) is 0.375. The zero-order chi connectivity index (χ0) is 15.2. The van der Waals surface area contributed by atoms with Crippen LogP contribution in [0.3, 0.4) is 0 Å². The molecule has 0 bridgehead atoms. The summed E-state index contributed by atoms with van der Waals surface area (Å²) in [6.07, 6.45) is 1.83. The predicted molar refractivity (Wildman–Crippen MR) is 81.2 cm³/mol. The standard InChI is InChI=1S/C16H21N3O2/c1-4-21-16(20)12(2)17-10-15-11-18-13(3)19(15)14-8-6-5-7-9-14/h5-9,11-12,17H,4,10H2,1-3H3. The molecule has 0 radical (unpaired) electrons. The molecule has 1 heterocycles. The second-order valence-electron chi connectivity index (χ2n) is 4.82. The predicted octanol–water partition coefficient (Wildman–Crippen LogP) is 2.22. The molecule has 5 nitrogen and oxygen atoms in total. The van der Waals surface area contributed by atoms with Gasteiger partial charge in [-0.05, 0) is 32.9 Å². The highest BCUT2D eigenvalue weighted by Gasteiger charge is 2.15. The lowest BCUT2D eigenvalue weighted by molar-refractivity contribution is -0.145. The second-order valence-corrected chi connectivity index (χ2v) is 4.82. The van der Waals surface area contributed by atoms with Gasteiger partial charge in [-0.2, -0.15) is 0 Å². The van der Waals surface area contributed by atoms with Crippen molar-refractivity contribution < 1.29 is 9.53 Å². The van der Waals surface area contributed by atoms with Crippen molar-refractivity contribution in [2.24, 2.45) is 0 Å². The summed E-state index contributed by atoms with van der Waals surface area (Å²) in [7, 11) is 0. The molecule has 1 atom stereocenters. The Morgan fingerprint density at radius 1 is 1.38 bits per heavy atom. The lowest BCUT2D eigenvalue weighted by atomic mass is 10.3. The Balaban J connectivity index is 2.10. The van der Waals surface area contributed by atoms with E-state index in [9.17, 15) is 4.79 Å². The Morgan fingerprint density at radius 3 is 2.76 bits per heavy atom. The number of esters is 1. The summed E-state index contributed by atoms with van der Waals surface area (Å²) in [6.45, 7) is 6.51. The number of nitrogens with one attached hydrogen (secondary N) is 1. The number of hydrogen-bond donors (Lipinski definition) is 1. The lowest BCUT2D eigenvalue weighted by Crippen LogP contribution is -2.35. The largest absolute Gasteiger partial charge is 0.465 e. The minimum absolute atomic E-state index is 0.236. The van der Waals surface area contributed by atoms with Crippen LogP contribution in [0.5, 0.6) is 0 Å². The van der Waals surface area contributed by atoms with Gasteiger partial charge in [-0.1, -0.05) is 18.2 Å². The van der Waals surface area contributed by atoms with Gasteiger partial charge in [0.1, 0.15) is 11.9 Å². The molecule has 1 aromatic heterocycles. The van der Waals surface area contributed by atoms with Gasteiger partial charge >= 0.3 is 5.97 Å². The van der Waals surface area contributed by atoms with Crippen molar-refractivity contribution in [2.75, 3.05) is 6.61 Å². The van der Waals surface area contributed by atoms with Gasteiger partial charge in [-0.25, -0.2) is 4.98 Å². The van der Waals surface area contributed by atoms with Gasteiger partial charge in [0.05, 0.1) is 18.5 Å². The number of nitrogens with zero attached hydrogens (tertiary/aromatic N) is 2. The number of imidazole rings is 1. The summed E-state index contributed by atoms with van der Waals surface area (Å²) >= 11 is 0. The highest BCUT2D eigenvalue weighted by Crippen LogP contribution is 2.14. The number of rotatable bonds is 6. The number of aryl methyl sites for hydroxylation is 1. The van der Waals surface area contributed by atoms with Gasteiger partial charge in [0.15, 0.2) is 0 Å². The van der Waals surface area contributed by atoms with Crippen LogP contribution in [0.2, 0.25) is 0 Å². The van der Waals surface area contributed by atoms with E-state index in [0.717, 1.165) is 17.2 Å². The van der Waals surface area contributed by atoms with Crippen molar-refractivity contribution in [1.82, 2.24) is 14.9 Å². The molecule has 1 N–H and O–H groups in total. The van der Waals surface area contributed by atoms with E-state index in [4.69, 9.17) is 4.74 Å². The van der Waals surface area contributed by atoms with Crippen molar-refractivity contribution in [3.63, 3.8) is 0 Å². The molecule has 1 unspecified atom stereocenters. The van der Waals surface area contributed by atoms with Gasteiger partial charge in [0, 0.05) is 12.2 Å². The normalized spacial score (nSPS) is 12.1. The summed E-state index contributed by atoms with van der Waals surface area (Å²) in [5.74, 6) is 0.682. The number of para-hydroxylation sites is 1. The second kappa shape index (κ2) is 7.04. The van der Waals surface area contributed by atoms with E-state index in [1.807, 2.05) is 43.5 Å². The molecule has 2 aromatic rings. The number of carbonyl (C=O) groups is 1. The summed E-state index contributed by atoms with van der Waals surface area (Å²) in [4.78, 5) is 16.0. The smallest absolute Gasteiger partial charge is 0.322 e. The van der Waals surface area contributed by atoms with Gasteiger partial charge in [-0.3, -0.25) is 14.7 Å². The quantitative estimate of drug-likeness (QED) is 0.828. The average molecular weight is 287 g/mol. The van der Waals surface area contributed by atoms with E-state index >= 15 is 0 Å². The van der Waals surface area contributed by atoms with E-state index < -0.39 is 0 Å². The lowest BCUT2D eigenvalue weighted by Gasteiger charge is -2.14. The molecule has 2 rings (SSSR count). The molecule has 1 aromatic carbocycles. The van der Waals surface area contributed by atoms with Crippen LogP contribution in [-0.2, 0) is 16.1 Å². The maximum atomic E-state index is 11.6. The average Bonchev–Trinajstić information content (AvgIpc) is 2.86. The highest BCUT2D eigenvalue weighted by atomic mass is 16.5. The molecular weight excluding hydrogens is 266 g/mol. The monoisotopic (exact) mass is 287 g/mol. The van der Waals surface area contributed by atoms with Gasteiger partial charge in [0.2, 0.25) is 0 Å². The van der Waals surface area contributed by atoms with Crippen LogP contribution in [0.4, 0.5) is 0 Å². The van der Waals surface area contributed by atoms with E-state index in [1.54, 1.807) is 13.8 Å². The van der Waals surface area contributed by atoms with Crippen LogP contribution in [-0.4, -0.2) is 28.2 Å². The van der Waals surface area contributed by atoms with Gasteiger partial charge < -0.3 is 4.74 Å². The molecule has 0 saturated heterocycles. The summed E-state index contributed by atoms with van der Waals surface area (Å²) in [5, 5.41) is 3.17. The van der Waals surface area contributed by atoms with Crippen LogP contribution < -0.4 is 5.32 Å². The first-order valence-electron chi connectivity index (χ1n) is 7.12. The number of hydrogen-bond acceptors (Lipinski definition) is 4. The Morgan fingerprint density at radius 2 is 2.10 bits per heavy atom. The summed E-state index contributed by atoms with van der Waals surface area (Å²) in [5.41, 5.74) is 2.07. The van der Waals surface area contributed by atoms with Gasteiger partial charge in [0.25, 0.3) is 0 Å². The number of aromatic nitrogens is 2. The molecule has 0 amide bonds. The first-order chi connectivity index (χ1) is 10.1. The van der Waals surface area contributed by atoms with Crippen molar-refractivity contribution in [2.45, 2.75) is 33.4 Å². The minimum atomic E-state index is -0.343. The van der Waals surface area contributed by atoms with Crippen molar-refractivity contribution >= 4 is 5.97 Å². The van der Waals surface area contributed by atoms with Crippen molar-refractivity contribution in [1.29, 1.82) is 0 Å². The minimum Gasteiger partial charge on any atom is -0.465 e. The molecule has 0 fully saturated rings. The van der Waals surface area contributed by atoms with Crippen LogP contribution in [0.25, 0.3) is 5.69 Å². The molecular formula is C16H21N3O2. The van der Waals surface area contributed by atoms with Gasteiger partial charge in [-0.15, -0.1) is 0 Å². The molecule has 5 heteroatoms. The SMILES string of the molecule is CCOC(=O)C(C)NCc1cnc(C)n1-c1ccccc1. The third-order valence-electron chi connectivity index (χ3n) is 3.26. The molecule has 0 spiro atoms. The zero-order valence-electron chi connectivity index (χ0n) is 12.7. The fourth-order valence-electron chi connectivity index (χ4n) is 2.15. The molecule has 21 heavy (non-hydrogen) atoms. The molecule has 0 aliphatic heterocycles. The fourth-order valence-corrected chi connectivity index (χ4v) is 2.15. The Labute approximate surface area is 125 Å². The Bertz CT molecular complexity index is 593. The third kappa shape index (κ3) is 3.70. The van der Waals surface area contributed by atoms with E-state index in [1.165, 1.54) is 0 Å². The number of ether oxygens (including phenoxy) is 1. The Kier molecular flexibility index (Phi) is 5.11. The summed E-state index contributed by atoms with van der Waals surface area (Å²) < 4.78 is 7.06. The van der Waals surface area contributed by atoms with E-state index in [0.29, 0.717) is 13.2 Å². The Hall–Kier alpha value is -2.14. The van der Waals surface area contributed by atoms with E-state index in [2.05, 4.69) is 14.9 Å². The zero-order valence-corrected chi connectivity index (χ0v) is 12.7. The van der Waals surface area contributed by atoms with Crippen molar-refractivity contribution in [3.05, 3.63) is 48.0 Å². The first-order valence-corrected chi connectivity index (χ1v) is 7.12. The van der Waals surface area contributed by atoms with Crippen molar-refractivity contribution in [3.8, 4) is 5.69 Å². The van der Waals surface area contributed by atoms with Crippen LogP contribution >= 0.6 is 0 Å². The molecule has 0 saturated carbocycles. The maximum Gasteiger partial charge on any atom is 0.322 e. The first kappa shape index (κ1) is 15.3. The molecule has 0 aliphatic carbocycles. The van der Waals surface area contributed by atoms with Crippen LogP contribution in [0.15, 0.2) is 36.5 Å².